The Kier molecular flexibility index (Phi) is 4.67. The predicted octanol–water partition coefficient (Wildman–Crippen LogP) is -1.53. The van der Waals surface area contributed by atoms with E-state index in [1.54, 1.807) is 24.3 Å². The minimum atomic E-state index is 0. The Labute approximate surface area is 87.8 Å². The van der Waals surface area contributed by atoms with Crippen LogP contribution in [0.1, 0.15) is 5.56 Å². The van der Waals surface area contributed by atoms with Gasteiger partial charge in [-0.15, -0.1) is 0 Å². The van der Waals surface area contributed by atoms with Gasteiger partial charge in [0.05, 0.1) is 11.6 Å². The molecule has 0 atom stereocenters. The Morgan fingerprint density at radius 1 is 1.40 bits per heavy atom. The van der Waals surface area contributed by atoms with Crippen molar-refractivity contribution in [2.24, 2.45) is 0 Å². The molecule has 0 heterocycles. The van der Waals surface area contributed by atoms with E-state index in [0.717, 1.165) is 0 Å². The van der Waals surface area contributed by atoms with Crippen LogP contribution in [0.25, 0.3) is 0 Å². The Morgan fingerprint density at radius 3 is 2.50 bits per heavy atom. The van der Waals surface area contributed by atoms with Crippen LogP contribution in [0.4, 0.5) is 0 Å². The number of hydrogen-bond acceptors (Lipinski definition) is 2. The zero-order valence-electron chi connectivity index (χ0n) is 5.66. The van der Waals surface area contributed by atoms with Crippen molar-refractivity contribution in [2.45, 2.75) is 4.90 Å². The van der Waals surface area contributed by atoms with E-state index in [2.05, 4.69) is 0 Å². The van der Waals surface area contributed by atoms with Gasteiger partial charge in [-0.2, -0.15) is 10.2 Å². The molecule has 1 aromatic rings. The van der Waals surface area contributed by atoms with Gasteiger partial charge >= 0.3 is 29.6 Å². The molecule has 0 spiro atoms. The van der Waals surface area contributed by atoms with Crippen LogP contribution in [-0.4, -0.2) is 0 Å². The first kappa shape index (κ1) is 9.93. The Balaban J connectivity index is 0.000000810. The number of rotatable bonds is 0. The van der Waals surface area contributed by atoms with Crippen LogP contribution < -0.4 is 29.6 Å². The van der Waals surface area contributed by atoms with Gasteiger partial charge in [-0.1, -0.05) is 18.2 Å². The molecule has 0 unspecified atom stereocenters. The third-order valence-electron chi connectivity index (χ3n) is 0.963. The zero-order chi connectivity index (χ0) is 6.69. The smallest absolute Gasteiger partial charge is 0.780 e. The second kappa shape index (κ2) is 4.70. The quantitative estimate of drug-likeness (QED) is 0.337. The summed E-state index contributed by atoms with van der Waals surface area (Å²) in [5, 5.41) is 8.37. The van der Waals surface area contributed by atoms with Crippen LogP contribution in [0.5, 0.6) is 0 Å². The molecule has 0 aliphatic heterocycles. The first-order chi connectivity index (χ1) is 4.33. The van der Waals surface area contributed by atoms with E-state index in [-0.39, 0.29) is 29.6 Å². The van der Waals surface area contributed by atoms with Gasteiger partial charge in [0, 0.05) is 0 Å². The summed E-state index contributed by atoms with van der Waals surface area (Å²) in [7, 11) is 0. The van der Waals surface area contributed by atoms with E-state index in [0.29, 0.717) is 10.5 Å². The van der Waals surface area contributed by atoms with E-state index in [9.17, 15) is 0 Å². The normalized spacial score (nSPS) is 7.50. The van der Waals surface area contributed by atoms with Gasteiger partial charge in [0.2, 0.25) is 0 Å². The fraction of sp³-hybridized carbons (Fsp3) is 0. The average Bonchev–Trinajstić information content (AvgIpc) is 1.88. The van der Waals surface area contributed by atoms with Gasteiger partial charge in [0.1, 0.15) is 0 Å². The average molecular weight is 157 g/mol. The maximum atomic E-state index is 8.37. The van der Waals surface area contributed by atoms with Gasteiger partial charge in [0.25, 0.3) is 0 Å². The zero-order valence-corrected chi connectivity index (χ0v) is 8.48. The van der Waals surface area contributed by atoms with Crippen molar-refractivity contribution in [3.8, 4) is 6.07 Å². The van der Waals surface area contributed by atoms with Gasteiger partial charge in [0.15, 0.2) is 0 Å². The van der Waals surface area contributed by atoms with Crippen LogP contribution in [-0.2, 0) is 12.6 Å². The van der Waals surface area contributed by atoms with E-state index in [1.807, 2.05) is 6.07 Å². The second-order valence-electron chi connectivity index (χ2n) is 1.64. The van der Waals surface area contributed by atoms with Crippen molar-refractivity contribution in [3.05, 3.63) is 29.8 Å². The molecule has 0 aliphatic rings. The Morgan fingerprint density at radius 2 is 2.10 bits per heavy atom. The van der Waals surface area contributed by atoms with E-state index >= 15 is 0 Å². The topological polar surface area (TPSA) is 23.8 Å². The third-order valence-corrected chi connectivity index (χ3v) is 1.22. The third kappa shape index (κ3) is 2.68. The summed E-state index contributed by atoms with van der Waals surface area (Å²) in [6, 6.07) is 8.98. The van der Waals surface area contributed by atoms with Crippen molar-refractivity contribution >= 4 is 12.6 Å². The number of benzene rings is 1. The standard InChI is InChI=1S/C7H5NS.Na/c8-5-6-2-1-3-7(9)4-6;/h1-4,9H;/q;+1/p-1. The first-order valence-electron chi connectivity index (χ1n) is 2.50. The molecule has 1 rings (SSSR count). The Bertz CT molecular complexity index is 254. The number of hydrogen-bond donors (Lipinski definition) is 0. The largest absolute Gasteiger partial charge is 1.00 e. The minimum Gasteiger partial charge on any atom is -0.780 e. The molecule has 0 amide bonds. The van der Waals surface area contributed by atoms with Crippen molar-refractivity contribution in [1.82, 2.24) is 0 Å². The van der Waals surface area contributed by atoms with E-state index in [4.69, 9.17) is 17.9 Å². The molecule has 0 fully saturated rings. The van der Waals surface area contributed by atoms with Crippen molar-refractivity contribution in [2.75, 3.05) is 0 Å². The molecule has 0 N–H and O–H groups in total. The van der Waals surface area contributed by atoms with Crippen LogP contribution in [0, 0.1) is 11.3 Å². The number of nitriles is 1. The minimum absolute atomic E-state index is 0. The van der Waals surface area contributed by atoms with Gasteiger partial charge < -0.3 is 12.6 Å². The van der Waals surface area contributed by atoms with Crippen molar-refractivity contribution in [1.29, 1.82) is 5.26 Å². The summed E-state index contributed by atoms with van der Waals surface area (Å²) in [4.78, 5) is 0.717. The molecular weight excluding hydrogens is 153 g/mol. The van der Waals surface area contributed by atoms with Gasteiger partial charge in [-0.3, -0.25) is 0 Å². The molecule has 10 heavy (non-hydrogen) atoms. The summed E-state index contributed by atoms with van der Waals surface area (Å²) >= 11 is 4.81. The van der Waals surface area contributed by atoms with Gasteiger partial charge in [-0.25, -0.2) is 0 Å². The van der Waals surface area contributed by atoms with Crippen LogP contribution in [0.2, 0.25) is 0 Å². The monoisotopic (exact) mass is 157 g/mol. The summed E-state index contributed by atoms with van der Waals surface area (Å²) in [6.07, 6.45) is 0. The fourth-order valence-electron chi connectivity index (χ4n) is 0.566. The predicted molar refractivity (Wildman–Crippen MR) is 36.8 cm³/mol. The summed E-state index contributed by atoms with van der Waals surface area (Å²) < 4.78 is 0. The van der Waals surface area contributed by atoms with Crippen LogP contribution >= 0.6 is 0 Å². The SMILES string of the molecule is N#Cc1cccc([S-])c1.[Na+]. The van der Waals surface area contributed by atoms with E-state index in [1.165, 1.54) is 0 Å². The molecule has 0 bridgehead atoms. The molecule has 1 nitrogen and oxygen atoms in total. The number of nitrogens with zero attached hydrogens (tertiary/aromatic N) is 1. The molecule has 0 aromatic heterocycles. The molecule has 1 aromatic carbocycles. The maximum absolute atomic E-state index is 8.37. The van der Waals surface area contributed by atoms with E-state index < -0.39 is 0 Å². The van der Waals surface area contributed by atoms with Crippen molar-refractivity contribution in [3.63, 3.8) is 0 Å². The van der Waals surface area contributed by atoms with Crippen LogP contribution in [0.3, 0.4) is 0 Å². The van der Waals surface area contributed by atoms with Gasteiger partial charge in [-0.05, 0) is 6.07 Å². The maximum Gasteiger partial charge on any atom is 1.00 e. The molecular formula is C7H4NNaS. The molecule has 0 radical (unpaired) electrons. The molecule has 44 valence electrons. The first-order valence-corrected chi connectivity index (χ1v) is 2.91. The second-order valence-corrected chi connectivity index (χ2v) is 2.11. The molecule has 0 aliphatic carbocycles. The summed E-state index contributed by atoms with van der Waals surface area (Å²) in [5.74, 6) is 0. The summed E-state index contributed by atoms with van der Waals surface area (Å²) in [5.41, 5.74) is 0.627. The molecule has 0 saturated carbocycles. The molecule has 0 saturated heterocycles. The Hall–Kier alpha value is -0.0700. The fourth-order valence-corrected chi connectivity index (χ4v) is 0.771. The van der Waals surface area contributed by atoms with Crippen LogP contribution in [0.15, 0.2) is 29.2 Å². The summed E-state index contributed by atoms with van der Waals surface area (Å²) in [6.45, 7) is 0. The molecule has 3 heteroatoms. The van der Waals surface area contributed by atoms with Crippen molar-refractivity contribution < 1.29 is 29.6 Å².